The molecule has 0 radical (unpaired) electrons. The molecule has 0 aliphatic heterocycles. The first-order valence-electron chi connectivity index (χ1n) is 4.46. The number of ether oxygens (including phenoxy) is 1. The molecule has 0 aliphatic rings. The van der Waals surface area contributed by atoms with Gasteiger partial charge >= 0.3 is 6.01 Å². The van der Waals surface area contributed by atoms with Crippen molar-refractivity contribution in [3.8, 4) is 6.01 Å². The van der Waals surface area contributed by atoms with Gasteiger partial charge in [-0.2, -0.15) is 4.98 Å². The van der Waals surface area contributed by atoms with Crippen LogP contribution in [0.15, 0.2) is 11.2 Å². The van der Waals surface area contributed by atoms with Crippen LogP contribution in [-0.2, 0) is 0 Å². The molecule has 15 heavy (non-hydrogen) atoms. The molecule has 0 amide bonds. The van der Waals surface area contributed by atoms with Gasteiger partial charge in [-0.25, -0.2) is 4.98 Å². The third kappa shape index (κ3) is 4.05. The highest BCUT2D eigenvalue weighted by Gasteiger charge is 2.10. The number of rotatable bonds is 5. The van der Waals surface area contributed by atoms with Crippen molar-refractivity contribution < 1.29 is 4.74 Å². The molecule has 1 aromatic rings. The Morgan fingerprint density at radius 1 is 1.60 bits per heavy atom. The summed E-state index contributed by atoms with van der Waals surface area (Å²) in [6.07, 6.45) is 2.46. The molecule has 1 aromatic heterocycles. The molecule has 0 saturated heterocycles. The highest BCUT2D eigenvalue weighted by Crippen LogP contribution is 2.30. The van der Waals surface area contributed by atoms with Gasteiger partial charge in [-0.1, -0.05) is 18.5 Å². The molecule has 0 N–H and O–H groups in total. The molecule has 1 rings (SSSR count). The van der Waals surface area contributed by atoms with Crippen LogP contribution in [0.3, 0.4) is 0 Å². The summed E-state index contributed by atoms with van der Waals surface area (Å²) in [6.45, 7) is 2.08. The lowest BCUT2D eigenvalue weighted by atomic mass is 10.4. The molecule has 0 saturated carbocycles. The highest BCUT2D eigenvalue weighted by atomic mass is 35.5. The average molecular weight is 267 g/mol. The molecule has 0 aliphatic carbocycles. The largest absolute Gasteiger partial charge is 0.467 e. The summed E-state index contributed by atoms with van der Waals surface area (Å²) in [5, 5.41) is 1.66. The number of alkyl halides is 1. The minimum atomic E-state index is 0.333. The van der Waals surface area contributed by atoms with Gasteiger partial charge in [0.1, 0.15) is 5.03 Å². The van der Waals surface area contributed by atoms with Gasteiger partial charge in [-0.3, -0.25) is 0 Å². The standard InChI is InChI=1S/C9H12Cl2N2OS/c1-6(3-4-10)15-8-7(11)5-12-9(13-8)14-2/h5-6H,3-4H2,1-2H3. The molecule has 0 aromatic carbocycles. The van der Waals surface area contributed by atoms with E-state index < -0.39 is 0 Å². The second kappa shape index (κ2) is 6.40. The second-order valence-corrected chi connectivity index (χ2v) is 5.13. The van der Waals surface area contributed by atoms with Crippen LogP contribution in [0, 0.1) is 0 Å². The number of hydrogen-bond donors (Lipinski definition) is 0. The number of nitrogens with zero attached hydrogens (tertiary/aromatic N) is 2. The monoisotopic (exact) mass is 266 g/mol. The van der Waals surface area contributed by atoms with Gasteiger partial charge in [-0.05, 0) is 6.42 Å². The Kier molecular flexibility index (Phi) is 5.50. The Morgan fingerprint density at radius 3 is 2.93 bits per heavy atom. The summed E-state index contributed by atoms with van der Waals surface area (Å²) in [4.78, 5) is 8.07. The number of thioether (sulfide) groups is 1. The van der Waals surface area contributed by atoms with E-state index in [4.69, 9.17) is 27.9 Å². The van der Waals surface area contributed by atoms with E-state index in [2.05, 4.69) is 16.9 Å². The van der Waals surface area contributed by atoms with Crippen molar-refractivity contribution in [1.29, 1.82) is 0 Å². The summed E-state index contributed by atoms with van der Waals surface area (Å²) >= 11 is 13.2. The van der Waals surface area contributed by atoms with E-state index in [0.29, 0.717) is 22.2 Å². The molecular formula is C9H12Cl2N2OS. The highest BCUT2D eigenvalue weighted by molar-refractivity contribution is 7.99. The summed E-state index contributed by atoms with van der Waals surface area (Å²) in [5.41, 5.74) is 0. The van der Waals surface area contributed by atoms with Crippen LogP contribution < -0.4 is 4.74 Å². The minimum absolute atomic E-state index is 0.333. The Bertz CT molecular complexity index is 325. The molecule has 3 nitrogen and oxygen atoms in total. The van der Waals surface area contributed by atoms with Gasteiger partial charge in [-0.15, -0.1) is 23.4 Å². The topological polar surface area (TPSA) is 35.0 Å². The molecule has 1 unspecified atom stereocenters. The Balaban J connectivity index is 2.74. The Labute approximate surface area is 104 Å². The summed E-state index contributed by atoms with van der Waals surface area (Å²) in [6, 6.07) is 0.333. The van der Waals surface area contributed by atoms with E-state index in [9.17, 15) is 0 Å². The average Bonchev–Trinajstić information content (AvgIpc) is 2.21. The molecule has 6 heteroatoms. The third-order valence-electron chi connectivity index (χ3n) is 1.70. The lowest BCUT2D eigenvalue weighted by molar-refractivity contribution is 0.376. The maximum Gasteiger partial charge on any atom is 0.317 e. The fourth-order valence-corrected chi connectivity index (χ4v) is 2.51. The van der Waals surface area contributed by atoms with Crippen LogP contribution in [0.25, 0.3) is 0 Å². The van der Waals surface area contributed by atoms with Crippen LogP contribution in [0.4, 0.5) is 0 Å². The molecule has 0 spiro atoms. The van der Waals surface area contributed by atoms with Crippen LogP contribution in [0.1, 0.15) is 13.3 Å². The normalized spacial score (nSPS) is 12.5. The first kappa shape index (κ1) is 12.9. The van der Waals surface area contributed by atoms with Gasteiger partial charge in [0.2, 0.25) is 0 Å². The van der Waals surface area contributed by atoms with Crippen LogP contribution in [-0.4, -0.2) is 28.2 Å². The predicted molar refractivity (Wildman–Crippen MR) is 64.3 cm³/mol. The first-order chi connectivity index (χ1) is 7.17. The van der Waals surface area contributed by atoms with Crippen molar-refractivity contribution in [3.63, 3.8) is 0 Å². The quantitative estimate of drug-likeness (QED) is 0.466. The van der Waals surface area contributed by atoms with Crippen molar-refractivity contribution in [2.45, 2.75) is 23.6 Å². The smallest absolute Gasteiger partial charge is 0.317 e. The number of methoxy groups -OCH3 is 1. The van der Waals surface area contributed by atoms with Gasteiger partial charge in [0.25, 0.3) is 0 Å². The van der Waals surface area contributed by atoms with Gasteiger partial charge < -0.3 is 4.74 Å². The number of hydrogen-bond acceptors (Lipinski definition) is 4. The van der Waals surface area contributed by atoms with E-state index in [1.807, 2.05) is 0 Å². The van der Waals surface area contributed by atoms with Crippen LogP contribution >= 0.6 is 35.0 Å². The fourth-order valence-electron chi connectivity index (χ4n) is 0.920. The Morgan fingerprint density at radius 2 is 2.33 bits per heavy atom. The molecule has 0 bridgehead atoms. The van der Waals surface area contributed by atoms with E-state index in [-0.39, 0.29) is 0 Å². The van der Waals surface area contributed by atoms with Crippen molar-refractivity contribution in [1.82, 2.24) is 9.97 Å². The number of halogens is 2. The lowest BCUT2D eigenvalue weighted by Gasteiger charge is -2.09. The zero-order valence-electron chi connectivity index (χ0n) is 8.54. The van der Waals surface area contributed by atoms with Gasteiger partial charge in [0, 0.05) is 11.1 Å². The summed E-state index contributed by atoms with van der Waals surface area (Å²) in [7, 11) is 1.53. The van der Waals surface area contributed by atoms with Crippen LogP contribution in [0.2, 0.25) is 5.02 Å². The molecule has 0 fully saturated rings. The third-order valence-corrected chi connectivity index (χ3v) is 3.48. The second-order valence-electron chi connectivity index (χ2n) is 2.92. The van der Waals surface area contributed by atoms with E-state index in [1.165, 1.54) is 7.11 Å². The van der Waals surface area contributed by atoms with E-state index >= 15 is 0 Å². The van der Waals surface area contributed by atoms with Gasteiger partial charge in [0.05, 0.1) is 18.3 Å². The predicted octanol–water partition coefficient (Wildman–Crippen LogP) is 3.25. The van der Waals surface area contributed by atoms with Crippen molar-refractivity contribution >= 4 is 35.0 Å². The molecule has 1 heterocycles. The summed E-state index contributed by atoms with van der Waals surface area (Å²) < 4.78 is 4.93. The van der Waals surface area contributed by atoms with Crippen LogP contribution in [0.5, 0.6) is 6.01 Å². The zero-order valence-corrected chi connectivity index (χ0v) is 10.9. The van der Waals surface area contributed by atoms with Gasteiger partial charge in [0.15, 0.2) is 0 Å². The minimum Gasteiger partial charge on any atom is -0.467 e. The van der Waals surface area contributed by atoms with Crippen molar-refractivity contribution in [2.75, 3.05) is 13.0 Å². The van der Waals surface area contributed by atoms with E-state index in [1.54, 1.807) is 18.0 Å². The number of aromatic nitrogens is 2. The SMILES string of the molecule is COc1ncc(Cl)c(SC(C)CCCl)n1. The first-order valence-corrected chi connectivity index (χ1v) is 6.25. The molecular weight excluding hydrogens is 255 g/mol. The van der Waals surface area contributed by atoms with E-state index in [0.717, 1.165) is 11.4 Å². The molecule has 1 atom stereocenters. The lowest BCUT2D eigenvalue weighted by Crippen LogP contribution is -1.99. The molecule has 84 valence electrons. The fraction of sp³-hybridized carbons (Fsp3) is 0.556. The Hall–Kier alpha value is -0.190. The maximum atomic E-state index is 5.96. The van der Waals surface area contributed by atoms with Crippen molar-refractivity contribution in [2.24, 2.45) is 0 Å². The van der Waals surface area contributed by atoms with Crippen molar-refractivity contribution in [3.05, 3.63) is 11.2 Å². The summed E-state index contributed by atoms with van der Waals surface area (Å²) in [5.74, 6) is 0.633. The maximum absolute atomic E-state index is 5.96. The zero-order chi connectivity index (χ0) is 11.3.